The average molecular weight is 249 g/mol. The molecule has 1 aliphatic heterocycles. The van der Waals surface area contributed by atoms with Crippen molar-refractivity contribution in [3.8, 4) is 0 Å². The molecule has 1 aromatic rings. The summed E-state index contributed by atoms with van der Waals surface area (Å²) in [6, 6.07) is 4.14. The molecule has 0 unspecified atom stereocenters. The van der Waals surface area contributed by atoms with Crippen molar-refractivity contribution in [3.63, 3.8) is 0 Å². The van der Waals surface area contributed by atoms with E-state index in [2.05, 4.69) is 35.2 Å². The van der Waals surface area contributed by atoms with Crippen LogP contribution < -0.4 is 5.32 Å². The Kier molecular flexibility index (Phi) is 3.72. The molecule has 0 aliphatic carbocycles. The smallest absolute Gasteiger partial charge is 0.156 e. The van der Waals surface area contributed by atoms with Crippen molar-refractivity contribution in [1.82, 2.24) is 10.3 Å². The predicted molar refractivity (Wildman–Crippen MR) is 74.4 cm³/mol. The minimum absolute atomic E-state index is 0.335. The van der Waals surface area contributed by atoms with Crippen LogP contribution in [0.25, 0.3) is 0 Å². The summed E-state index contributed by atoms with van der Waals surface area (Å²) in [5, 5.41) is 4.43. The maximum absolute atomic E-state index is 4.56. The number of amidine groups is 1. The first-order valence-corrected chi connectivity index (χ1v) is 6.86. The van der Waals surface area contributed by atoms with Crippen LogP contribution in [0.4, 0.5) is 0 Å². The molecule has 0 saturated carbocycles. The fourth-order valence-electron chi connectivity index (χ4n) is 1.53. The zero-order valence-corrected chi connectivity index (χ0v) is 11.5. The van der Waals surface area contributed by atoms with Gasteiger partial charge in [-0.2, -0.15) is 0 Å². The van der Waals surface area contributed by atoms with Gasteiger partial charge in [-0.1, -0.05) is 31.7 Å². The van der Waals surface area contributed by atoms with Crippen molar-refractivity contribution >= 4 is 16.9 Å². The first-order chi connectivity index (χ1) is 8.05. The van der Waals surface area contributed by atoms with E-state index < -0.39 is 0 Å². The second-order valence-electron chi connectivity index (χ2n) is 5.24. The third kappa shape index (κ3) is 3.73. The van der Waals surface area contributed by atoms with Crippen molar-refractivity contribution in [1.29, 1.82) is 0 Å². The van der Waals surface area contributed by atoms with E-state index in [4.69, 9.17) is 0 Å². The maximum atomic E-state index is 4.56. The zero-order chi connectivity index (χ0) is 12.3. The Bertz CT molecular complexity index is 409. The van der Waals surface area contributed by atoms with Gasteiger partial charge in [0.25, 0.3) is 0 Å². The lowest BCUT2D eigenvalue weighted by Gasteiger charge is -2.27. The van der Waals surface area contributed by atoms with Crippen LogP contribution in [0, 0.1) is 12.3 Å². The molecule has 2 heterocycles. The summed E-state index contributed by atoms with van der Waals surface area (Å²) in [5.41, 5.74) is 2.59. The van der Waals surface area contributed by atoms with Crippen molar-refractivity contribution in [2.45, 2.75) is 27.3 Å². The molecule has 0 saturated heterocycles. The number of aliphatic imine (C=N–C) groups is 1. The third-order valence-electron chi connectivity index (χ3n) is 2.67. The average Bonchev–Trinajstić information content (AvgIpc) is 2.30. The Hall–Kier alpha value is -1.03. The van der Waals surface area contributed by atoms with E-state index in [9.17, 15) is 0 Å². The first-order valence-electron chi connectivity index (χ1n) is 5.88. The molecule has 0 bridgehead atoms. The molecular formula is C13H19N3S. The van der Waals surface area contributed by atoms with Crippen LogP contribution in [0.15, 0.2) is 23.3 Å². The van der Waals surface area contributed by atoms with Crippen molar-refractivity contribution in [3.05, 3.63) is 29.6 Å². The van der Waals surface area contributed by atoms with E-state index in [1.807, 2.05) is 30.9 Å². The van der Waals surface area contributed by atoms with Gasteiger partial charge in [-0.05, 0) is 24.0 Å². The Morgan fingerprint density at radius 1 is 1.41 bits per heavy atom. The summed E-state index contributed by atoms with van der Waals surface area (Å²) in [6.07, 6.45) is 1.92. The summed E-state index contributed by atoms with van der Waals surface area (Å²) in [6.45, 7) is 8.22. The molecule has 0 spiro atoms. The molecule has 0 fully saturated rings. The first kappa shape index (κ1) is 12.4. The summed E-state index contributed by atoms with van der Waals surface area (Å²) >= 11 is 1.81. The molecule has 0 atom stereocenters. The van der Waals surface area contributed by atoms with E-state index in [-0.39, 0.29) is 0 Å². The minimum Gasteiger partial charge on any atom is -0.361 e. The van der Waals surface area contributed by atoms with Gasteiger partial charge in [0.05, 0.1) is 0 Å². The number of aryl methyl sites for hydroxylation is 1. The SMILES string of the molecule is Cc1ccc(CNC2=NCC(C)(C)CS2)cn1. The Labute approximate surface area is 107 Å². The van der Waals surface area contributed by atoms with Crippen LogP contribution in [0.5, 0.6) is 0 Å². The molecule has 0 amide bonds. The number of nitrogens with one attached hydrogen (secondary N) is 1. The Morgan fingerprint density at radius 3 is 2.82 bits per heavy atom. The van der Waals surface area contributed by atoms with Gasteiger partial charge in [-0.25, -0.2) is 0 Å². The number of aromatic nitrogens is 1. The molecule has 92 valence electrons. The monoisotopic (exact) mass is 249 g/mol. The Balaban J connectivity index is 1.87. The largest absolute Gasteiger partial charge is 0.361 e. The lowest BCUT2D eigenvalue weighted by Crippen LogP contribution is -2.31. The van der Waals surface area contributed by atoms with Crippen molar-refractivity contribution in [2.24, 2.45) is 10.4 Å². The standard InChI is InChI=1S/C13H19N3S/c1-10-4-5-11(6-14-10)7-15-12-16-8-13(2,3)9-17-12/h4-6H,7-9H2,1-3H3,(H,15,16). The van der Waals surface area contributed by atoms with Crippen LogP contribution in [0.2, 0.25) is 0 Å². The number of pyridine rings is 1. The summed E-state index contributed by atoms with van der Waals surface area (Å²) in [7, 11) is 0. The summed E-state index contributed by atoms with van der Waals surface area (Å²) in [5.74, 6) is 1.13. The van der Waals surface area contributed by atoms with Gasteiger partial charge in [-0.15, -0.1) is 0 Å². The van der Waals surface area contributed by atoms with Crippen LogP contribution in [0.1, 0.15) is 25.1 Å². The van der Waals surface area contributed by atoms with Gasteiger partial charge < -0.3 is 5.32 Å². The van der Waals surface area contributed by atoms with E-state index in [1.165, 1.54) is 5.56 Å². The lowest BCUT2D eigenvalue weighted by atomic mass is 9.97. The van der Waals surface area contributed by atoms with E-state index in [1.54, 1.807) is 0 Å². The van der Waals surface area contributed by atoms with E-state index >= 15 is 0 Å². The fraction of sp³-hybridized carbons (Fsp3) is 0.538. The fourth-order valence-corrected chi connectivity index (χ4v) is 2.48. The van der Waals surface area contributed by atoms with Crippen LogP contribution >= 0.6 is 11.8 Å². The number of hydrogen-bond donors (Lipinski definition) is 1. The van der Waals surface area contributed by atoms with E-state index in [0.29, 0.717) is 5.41 Å². The van der Waals surface area contributed by atoms with Gasteiger partial charge in [-0.3, -0.25) is 9.98 Å². The van der Waals surface area contributed by atoms with Gasteiger partial charge in [0.1, 0.15) is 0 Å². The molecular weight excluding hydrogens is 230 g/mol. The lowest BCUT2D eigenvalue weighted by molar-refractivity contribution is 0.436. The second-order valence-corrected chi connectivity index (χ2v) is 6.20. The molecule has 0 radical (unpaired) electrons. The highest BCUT2D eigenvalue weighted by Crippen LogP contribution is 2.27. The van der Waals surface area contributed by atoms with Crippen LogP contribution in [0.3, 0.4) is 0 Å². The highest BCUT2D eigenvalue weighted by atomic mass is 32.2. The second kappa shape index (κ2) is 5.08. The zero-order valence-electron chi connectivity index (χ0n) is 10.7. The topological polar surface area (TPSA) is 37.3 Å². The number of hydrogen-bond acceptors (Lipinski definition) is 4. The van der Waals surface area contributed by atoms with Crippen molar-refractivity contribution in [2.75, 3.05) is 12.3 Å². The number of rotatable bonds is 2. The Morgan fingerprint density at radius 2 is 2.24 bits per heavy atom. The summed E-state index contributed by atoms with van der Waals surface area (Å²) < 4.78 is 0. The third-order valence-corrected chi connectivity index (χ3v) is 4.14. The number of nitrogens with zero attached hydrogens (tertiary/aromatic N) is 2. The predicted octanol–water partition coefficient (Wildman–Crippen LogP) is 2.61. The molecule has 1 N–H and O–H groups in total. The van der Waals surface area contributed by atoms with Crippen LogP contribution in [-0.4, -0.2) is 22.4 Å². The molecule has 0 aromatic carbocycles. The highest BCUT2D eigenvalue weighted by molar-refractivity contribution is 8.13. The van der Waals surface area contributed by atoms with Gasteiger partial charge in [0.2, 0.25) is 0 Å². The molecule has 17 heavy (non-hydrogen) atoms. The van der Waals surface area contributed by atoms with Gasteiger partial charge in [0, 0.05) is 30.7 Å². The molecule has 2 rings (SSSR count). The van der Waals surface area contributed by atoms with E-state index in [0.717, 1.165) is 29.7 Å². The molecule has 3 nitrogen and oxygen atoms in total. The van der Waals surface area contributed by atoms with Crippen molar-refractivity contribution < 1.29 is 0 Å². The van der Waals surface area contributed by atoms with Gasteiger partial charge >= 0.3 is 0 Å². The quantitative estimate of drug-likeness (QED) is 0.875. The molecule has 1 aliphatic rings. The highest BCUT2D eigenvalue weighted by Gasteiger charge is 2.23. The normalized spacial score (nSPS) is 18.6. The molecule has 1 aromatic heterocycles. The summed E-state index contributed by atoms with van der Waals surface area (Å²) in [4.78, 5) is 8.84. The maximum Gasteiger partial charge on any atom is 0.156 e. The number of thioether (sulfide) groups is 1. The molecule has 4 heteroatoms. The van der Waals surface area contributed by atoms with Crippen LogP contribution in [-0.2, 0) is 6.54 Å². The van der Waals surface area contributed by atoms with Gasteiger partial charge in [0.15, 0.2) is 5.17 Å². The minimum atomic E-state index is 0.335.